The van der Waals surface area contributed by atoms with Gasteiger partial charge >= 0.3 is 0 Å². The Morgan fingerprint density at radius 3 is 2.73 bits per heavy atom. The SMILES string of the molecule is Cc1ccc2nc(C(C)C)cc(=O)n2c1. The molecule has 0 saturated heterocycles. The Balaban J connectivity index is 2.79. The Kier molecular flexibility index (Phi) is 2.31. The lowest BCUT2D eigenvalue weighted by molar-refractivity contribution is 0.811. The second-order valence-electron chi connectivity index (χ2n) is 4.11. The van der Waals surface area contributed by atoms with Crippen LogP contribution in [0, 0.1) is 6.92 Å². The summed E-state index contributed by atoms with van der Waals surface area (Å²) in [5.74, 6) is 0.281. The summed E-state index contributed by atoms with van der Waals surface area (Å²) in [5, 5.41) is 0. The van der Waals surface area contributed by atoms with Crippen molar-refractivity contribution in [3.8, 4) is 0 Å². The van der Waals surface area contributed by atoms with Crippen molar-refractivity contribution < 1.29 is 0 Å². The quantitative estimate of drug-likeness (QED) is 0.710. The van der Waals surface area contributed by atoms with Gasteiger partial charge in [-0.25, -0.2) is 4.98 Å². The van der Waals surface area contributed by atoms with Crippen LogP contribution in [-0.4, -0.2) is 9.38 Å². The summed E-state index contributed by atoms with van der Waals surface area (Å²) in [5.41, 5.74) is 2.62. The first-order chi connectivity index (χ1) is 7.08. The van der Waals surface area contributed by atoms with Gasteiger partial charge < -0.3 is 0 Å². The molecule has 0 amide bonds. The predicted molar refractivity (Wildman–Crippen MR) is 60.3 cm³/mol. The van der Waals surface area contributed by atoms with Crippen molar-refractivity contribution in [3.05, 3.63) is 46.0 Å². The van der Waals surface area contributed by atoms with Crippen LogP contribution in [0.3, 0.4) is 0 Å². The first-order valence-corrected chi connectivity index (χ1v) is 5.08. The standard InChI is InChI=1S/C12H14N2O/c1-8(2)10-6-12(15)14-7-9(3)4-5-11(14)13-10/h4-8H,1-3H3. The van der Waals surface area contributed by atoms with E-state index in [1.54, 1.807) is 10.5 Å². The first kappa shape index (κ1) is 9.90. The summed E-state index contributed by atoms with van der Waals surface area (Å²) in [6.45, 7) is 6.03. The summed E-state index contributed by atoms with van der Waals surface area (Å²) in [4.78, 5) is 16.2. The largest absolute Gasteiger partial charge is 0.269 e. The zero-order chi connectivity index (χ0) is 11.0. The third-order valence-corrected chi connectivity index (χ3v) is 2.42. The summed E-state index contributed by atoms with van der Waals surface area (Å²) >= 11 is 0. The number of rotatable bonds is 1. The van der Waals surface area contributed by atoms with Crippen LogP contribution in [0.25, 0.3) is 5.65 Å². The van der Waals surface area contributed by atoms with E-state index in [9.17, 15) is 4.79 Å². The van der Waals surface area contributed by atoms with Gasteiger partial charge in [-0.05, 0) is 24.5 Å². The van der Waals surface area contributed by atoms with E-state index >= 15 is 0 Å². The molecule has 0 bridgehead atoms. The molecule has 2 aromatic heterocycles. The summed E-state index contributed by atoms with van der Waals surface area (Å²) in [7, 11) is 0. The Bertz CT molecular complexity index is 555. The molecule has 0 spiro atoms. The Hall–Kier alpha value is -1.64. The Labute approximate surface area is 88.4 Å². The molecule has 0 saturated carbocycles. The van der Waals surface area contributed by atoms with Crippen LogP contribution >= 0.6 is 0 Å². The average Bonchev–Trinajstić information content (AvgIpc) is 2.18. The molecule has 3 nitrogen and oxygen atoms in total. The second kappa shape index (κ2) is 3.50. The van der Waals surface area contributed by atoms with Crippen molar-refractivity contribution in [2.24, 2.45) is 0 Å². The van der Waals surface area contributed by atoms with Gasteiger partial charge in [0, 0.05) is 12.3 Å². The third-order valence-electron chi connectivity index (χ3n) is 2.42. The number of hydrogen-bond acceptors (Lipinski definition) is 2. The molecule has 0 fully saturated rings. The normalized spacial score (nSPS) is 11.2. The topological polar surface area (TPSA) is 34.4 Å². The maximum atomic E-state index is 11.8. The molecule has 2 rings (SSSR count). The molecule has 0 aromatic carbocycles. The maximum absolute atomic E-state index is 11.8. The smallest absolute Gasteiger partial charge is 0.258 e. The van der Waals surface area contributed by atoms with Gasteiger partial charge in [0.25, 0.3) is 5.56 Å². The molecule has 0 aliphatic rings. The molecule has 3 heteroatoms. The van der Waals surface area contributed by atoms with Crippen LogP contribution in [0.15, 0.2) is 29.2 Å². The fourth-order valence-electron chi connectivity index (χ4n) is 1.52. The monoisotopic (exact) mass is 202 g/mol. The maximum Gasteiger partial charge on any atom is 0.258 e. The molecule has 0 atom stereocenters. The van der Waals surface area contributed by atoms with Gasteiger partial charge in [0.15, 0.2) is 0 Å². The fraction of sp³-hybridized carbons (Fsp3) is 0.333. The van der Waals surface area contributed by atoms with Crippen molar-refractivity contribution in [1.82, 2.24) is 9.38 Å². The van der Waals surface area contributed by atoms with Crippen molar-refractivity contribution >= 4 is 5.65 Å². The average molecular weight is 202 g/mol. The molecule has 2 aromatic rings. The summed E-state index contributed by atoms with van der Waals surface area (Å²) in [6, 6.07) is 5.45. The van der Waals surface area contributed by atoms with Gasteiger partial charge in [0.1, 0.15) is 5.65 Å². The van der Waals surface area contributed by atoms with Gasteiger partial charge in [0.2, 0.25) is 0 Å². The van der Waals surface area contributed by atoms with Crippen LogP contribution in [0.2, 0.25) is 0 Å². The van der Waals surface area contributed by atoms with E-state index in [4.69, 9.17) is 0 Å². The molecule has 0 radical (unpaired) electrons. The fourth-order valence-corrected chi connectivity index (χ4v) is 1.52. The predicted octanol–water partition coefficient (Wildman–Crippen LogP) is 2.13. The number of pyridine rings is 1. The molecule has 15 heavy (non-hydrogen) atoms. The highest BCUT2D eigenvalue weighted by Gasteiger charge is 2.05. The van der Waals surface area contributed by atoms with E-state index < -0.39 is 0 Å². The molecular formula is C12H14N2O. The molecule has 0 unspecified atom stereocenters. The van der Waals surface area contributed by atoms with Gasteiger partial charge in [-0.2, -0.15) is 0 Å². The van der Waals surface area contributed by atoms with Gasteiger partial charge in [-0.3, -0.25) is 9.20 Å². The molecule has 0 aliphatic heterocycles. The van der Waals surface area contributed by atoms with E-state index in [0.29, 0.717) is 0 Å². The van der Waals surface area contributed by atoms with E-state index in [1.807, 2.05) is 39.1 Å². The van der Waals surface area contributed by atoms with E-state index in [2.05, 4.69) is 4.98 Å². The number of nitrogens with zero attached hydrogens (tertiary/aromatic N) is 2. The van der Waals surface area contributed by atoms with Gasteiger partial charge in [-0.1, -0.05) is 19.9 Å². The van der Waals surface area contributed by atoms with E-state index in [0.717, 1.165) is 16.9 Å². The minimum atomic E-state index is -0.00704. The molecular weight excluding hydrogens is 188 g/mol. The summed E-state index contributed by atoms with van der Waals surface area (Å²) in [6.07, 6.45) is 1.81. The highest BCUT2D eigenvalue weighted by atomic mass is 16.1. The lowest BCUT2D eigenvalue weighted by Gasteiger charge is -2.06. The first-order valence-electron chi connectivity index (χ1n) is 5.08. The minimum Gasteiger partial charge on any atom is -0.269 e. The number of aryl methyl sites for hydroxylation is 1. The van der Waals surface area contributed by atoms with Crippen molar-refractivity contribution in [2.45, 2.75) is 26.7 Å². The lowest BCUT2D eigenvalue weighted by Crippen LogP contribution is -2.16. The molecule has 0 aliphatic carbocycles. The van der Waals surface area contributed by atoms with Crippen LogP contribution in [-0.2, 0) is 0 Å². The third kappa shape index (κ3) is 1.77. The van der Waals surface area contributed by atoms with E-state index in [-0.39, 0.29) is 11.5 Å². The second-order valence-corrected chi connectivity index (χ2v) is 4.11. The highest BCUT2D eigenvalue weighted by molar-refractivity contribution is 5.40. The van der Waals surface area contributed by atoms with E-state index in [1.165, 1.54) is 0 Å². The lowest BCUT2D eigenvalue weighted by atomic mass is 10.1. The number of fused-ring (bicyclic) bond motifs is 1. The van der Waals surface area contributed by atoms with Gasteiger partial charge in [0.05, 0.1) is 5.69 Å². The molecule has 0 N–H and O–H groups in total. The minimum absolute atomic E-state index is 0.00704. The molecule has 2 heterocycles. The van der Waals surface area contributed by atoms with Crippen LogP contribution in [0.5, 0.6) is 0 Å². The van der Waals surface area contributed by atoms with Gasteiger partial charge in [-0.15, -0.1) is 0 Å². The summed E-state index contributed by atoms with van der Waals surface area (Å²) < 4.78 is 1.58. The Morgan fingerprint density at radius 2 is 2.07 bits per heavy atom. The van der Waals surface area contributed by atoms with Crippen molar-refractivity contribution in [3.63, 3.8) is 0 Å². The zero-order valence-electron chi connectivity index (χ0n) is 9.19. The van der Waals surface area contributed by atoms with Crippen LogP contribution < -0.4 is 5.56 Å². The number of aromatic nitrogens is 2. The van der Waals surface area contributed by atoms with Crippen molar-refractivity contribution in [2.75, 3.05) is 0 Å². The van der Waals surface area contributed by atoms with Crippen LogP contribution in [0.4, 0.5) is 0 Å². The van der Waals surface area contributed by atoms with Crippen molar-refractivity contribution in [1.29, 1.82) is 0 Å². The number of hydrogen-bond donors (Lipinski definition) is 0. The molecule has 78 valence electrons. The Morgan fingerprint density at radius 1 is 1.33 bits per heavy atom. The zero-order valence-corrected chi connectivity index (χ0v) is 9.19. The highest BCUT2D eigenvalue weighted by Crippen LogP contribution is 2.10. The van der Waals surface area contributed by atoms with Crippen LogP contribution in [0.1, 0.15) is 31.0 Å².